The maximum atomic E-state index is 8.53. The molecule has 0 saturated carbocycles. The number of hydrogen-bond acceptors (Lipinski definition) is 5. The van der Waals surface area contributed by atoms with E-state index in [4.69, 9.17) is 24.1 Å². The van der Waals surface area contributed by atoms with E-state index in [1.54, 1.807) is 0 Å². The molecule has 0 aliphatic heterocycles. The third kappa shape index (κ3) is 10.0. The second-order valence-corrected chi connectivity index (χ2v) is 6.56. The van der Waals surface area contributed by atoms with Crippen LogP contribution in [0.3, 0.4) is 0 Å². The van der Waals surface area contributed by atoms with E-state index in [2.05, 4.69) is 45.0 Å². The van der Waals surface area contributed by atoms with E-state index in [-0.39, 0.29) is 12.0 Å². The van der Waals surface area contributed by atoms with Gasteiger partial charge < -0.3 is 24.1 Å². The molecule has 1 aromatic rings. The van der Waals surface area contributed by atoms with Crippen molar-refractivity contribution in [2.45, 2.75) is 32.8 Å². The Morgan fingerprint density at radius 3 is 1.62 bits per heavy atom. The topological polar surface area (TPSA) is 57.2 Å². The average Bonchev–Trinajstić information content (AvgIpc) is 2.55. The van der Waals surface area contributed by atoms with Crippen molar-refractivity contribution in [1.82, 2.24) is 0 Å². The highest BCUT2D eigenvalue weighted by atomic mass is 16.6. The standard InChI is InChI=1S/C19H32O5/c1-19(2,3)18-6-4-17(5-7-18)16-24-15-14-23-13-12-22-11-10-21-9-8-20/h4-7,20H,8-16H2,1-3H3. The number of aliphatic hydroxyl groups is 1. The summed E-state index contributed by atoms with van der Waals surface area (Å²) in [4.78, 5) is 0. The zero-order valence-electron chi connectivity index (χ0n) is 15.3. The maximum absolute atomic E-state index is 8.53. The molecule has 1 aromatic carbocycles. The summed E-state index contributed by atoms with van der Waals surface area (Å²) in [6.45, 7) is 10.9. The Balaban J connectivity index is 1.95. The van der Waals surface area contributed by atoms with Crippen LogP contribution in [-0.2, 0) is 31.0 Å². The Kier molecular flexibility index (Phi) is 10.9. The van der Waals surface area contributed by atoms with Crippen molar-refractivity contribution in [2.75, 3.05) is 52.9 Å². The van der Waals surface area contributed by atoms with E-state index >= 15 is 0 Å². The van der Waals surface area contributed by atoms with Crippen molar-refractivity contribution < 1.29 is 24.1 Å². The Labute approximate surface area is 145 Å². The van der Waals surface area contributed by atoms with E-state index in [1.807, 2.05) is 0 Å². The first-order valence-corrected chi connectivity index (χ1v) is 8.55. The first-order chi connectivity index (χ1) is 11.5. The van der Waals surface area contributed by atoms with Crippen LogP contribution >= 0.6 is 0 Å². The number of rotatable bonds is 13. The fourth-order valence-electron chi connectivity index (χ4n) is 2.02. The number of benzene rings is 1. The van der Waals surface area contributed by atoms with E-state index in [0.29, 0.717) is 52.9 Å². The van der Waals surface area contributed by atoms with Crippen LogP contribution in [0.4, 0.5) is 0 Å². The summed E-state index contributed by atoms with van der Waals surface area (Å²) < 4.78 is 21.4. The lowest BCUT2D eigenvalue weighted by Gasteiger charge is -2.19. The number of aliphatic hydroxyl groups excluding tert-OH is 1. The average molecular weight is 340 g/mol. The Hall–Kier alpha value is -0.980. The molecule has 0 saturated heterocycles. The lowest BCUT2D eigenvalue weighted by Crippen LogP contribution is -2.12. The summed E-state index contributed by atoms with van der Waals surface area (Å²) in [6, 6.07) is 8.57. The molecule has 0 fully saturated rings. The highest BCUT2D eigenvalue weighted by Gasteiger charge is 2.12. The summed E-state index contributed by atoms with van der Waals surface area (Å²) in [6.07, 6.45) is 0. The summed E-state index contributed by atoms with van der Waals surface area (Å²) in [7, 11) is 0. The molecule has 5 heteroatoms. The van der Waals surface area contributed by atoms with Crippen molar-refractivity contribution in [3.63, 3.8) is 0 Å². The molecule has 0 aromatic heterocycles. The third-order valence-corrected chi connectivity index (χ3v) is 3.44. The predicted molar refractivity (Wildman–Crippen MR) is 94.3 cm³/mol. The van der Waals surface area contributed by atoms with Crippen molar-refractivity contribution in [3.05, 3.63) is 35.4 Å². The van der Waals surface area contributed by atoms with Gasteiger partial charge in [-0.1, -0.05) is 45.0 Å². The van der Waals surface area contributed by atoms with Crippen LogP contribution < -0.4 is 0 Å². The monoisotopic (exact) mass is 340 g/mol. The van der Waals surface area contributed by atoms with Crippen molar-refractivity contribution >= 4 is 0 Å². The lowest BCUT2D eigenvalue weighted by atomic mass is 9.87. The van der Waals surface area contributed by atoms with Gasteiger partial charge in [-0.15, -0.1) is 0 Å². The molecular formula is C19H32O5. The molecule has 1 rings (SSSR count). The second kappa shape index (κ2) is 12.4. The molecule has 0 aliphatic rings. The summed E-state index contributed by atoms with van der Waals surface area (Å²) in [5, 5.41) is 8.53. The van der Waals surface area contributed by atoms with Gasteiger partial charge in [-0.3, -0.25) is 0 Å². The van der Waals surface area contributed by atoms with Crippen LogP contribution in [-0.4, -0.2) is 58.0 Å². The smallest absolute Gasteiger partial charge is 0.0718 e. The zero-order valence-corrected chi connectivity index (χ0v) is 15.3. The molecular weight excluding hydrogens is 308 g/mol. The quantitative estimate of drug-likeness (QED) is 0.559. The van der Waals surface area contributed by atoms with E-state index < -0.39 is 0 Å². The maximum Gasteiger partial charge on any atom is 0.0718 e. The van der Waals surface area contributed by atoms with Crippen LogP contribution in [0.25, 0.3) is 0 Å². The highest BCUT2D eigenvalue weighted by molar-refractivity contribution is 5.27. The molecule has 138 valence electrons. The van der Waals surface area contributed by atoms with Gasteiger partial charge in [0.15, 0.2) is 0 Å². The number of hydrogen-bond donors (Lipinski definition) is 1. The SMILES string of the molecule is CC(C)(C)c1ccc(COCCOCCOCCOCCO)cc1. The molecule has 0 radical (unpaired) electrons. The first kappa shape index (κ1) is 21.1. The molecule has 24 heavy (non-hydrogen) atoms. The van der Waals surface area contributed by atoms with Gasteiger partial charge in [0, 0.05) is 0 Å². The van der Waals surface area contributed by atoms with Crippen molar-refractivity contribution in [1.29, 1.82) is 0 Å². The molecule has 0 heterocycles. The van der Waals surface area contributed by atoms with Gasteiger partial charge in [0.25, 0.3) is 0 Å². The third-order valence-electron chi connectivity index (χ3n) is 3.44. The van der Waals surface area contributed by atoms with E-state index in [1.165, 1.54) is 11.1 Å². The molecule has 0 aliphatic carbocycles. The van der Waals surface area contributed by atoms with Gasteiger partial charge in [-0.2, -0.15) is 0 Å². The van der Waals surface area contributed by atoms with Crippen LogP contribution in [0.2, 0.25) is 0 Å². The molecule has 0 bridgehead atoms. The zero-order chi connectivity index (χ0) is 17.7. The van der Waals surface area contributed by atoms with Crippen LogP contribution in [0.15, 0.2) is 24.3 Å². The van der Waals surface area contributed by atoms with Gasteiger partial charge >= 0.3 is 0 Å². The van der Waals surface area contributed by atoms with Gasteiger partial charge in [0.1, 0.15) is 0 Å². The summed E-state index contributed by atoms with van der Waals surface area (Å²) in [5.74, 6) is 0. The van der Waals surface area contributed by atoms with Crippen molar-refractivity contribution in [2.24, 2.45) is 0 Å². The fourth-order valence-corrected chi connectivity index (χ4v) is 2.02. The Bertz CT molecular complexity index is 411. The lowest BCUT2D eigenvalue weighted by molar-refractivity contribution is -0.00743. The molecule has 0 atom stereocenters. The molecule has 0 spiro atoms. The Morgan fingerprint density at radius 1 is 0.708 bits per heavy atom. The second-order valence-electron chi connectivity index (χ2n) is 6.56. The minimum atomic E-state index is 0.0455. The molecule has 0 amide bonds. The van der Waals surface area contributed by atoms with E-state index in [9.17, 15) is 0 Å². The van der Waals surface area contributed by atoms with E-state index in [0.717, 1.165) is 0 Å². The van der Waals surface area contributed by atoms with Gasteiger partial charge in [-0.05, 0) is 16.5 Å². The molecule has 0 unspecified atom stereocenters. The van der Waals surface area contributed by atoms with Crippen LogP contribution in [0.5, 0.6) is 0 Å². The largest absolute Gasteiger partial charge is 0.394 e. The minimum Gasteiger partial charge on any atom is -0.394 e. The predicted octanol–water partition coefficient (Wildman–Crippen LogP) is 2.54. The summed E-state index contributed by atoms with van der Waals surface area (Å²) >= 11 is 0. The highest BCUT2D eigenvalue weighted by Crippen LogP contribution is 2.22. The van der Waals surface area contributed by atoms with Crippen LogP contribution in [0.1, 0.15) is 31.9 Å². The normalized spacial score (nSPS) is 11.8. The van der Waals surface area contributed by atoms with Gasteiger partial charge in [0.05, 0.1) is 59.5 Å². The molecule has 5 nitrogen and oxygen atoms in total. The van der Waals surface area contributed by atoms with Crippen LogP contribution in [0, 0.1) is 0 Å². The van der Waals surface area contributed by atoms with Gasteiger partial charge in [0.2, 0.25) is 0 Å². The molecule has 1 N–H and O–H groups in total. The first-order valence-electron chi connectivity index (χ1n) is 8.55. The summed E-state index contributed by atoms with van der Waals surface area (Å²) in [5.41, 5.74) is 2.69. The fraction of sp³-hybridized carbons (Fsp3) is 0.684. The minimum absolute atomic E-state index is 0.0455. The number of ether oxygens (including phenoxy) is 4. The van der Waals surface area contributed by atoms with Crippen molar-refractivity contribution in [3.8, 4) is 0 Å². The van der Waals surface area contributed by atoms with Gasteiger partial charge in [-0.25, -0.2) is 0 Å². The Morgan fingerprint density at radius 2 is 1.17 bits per heavy atom.